The number of aromatic nitrogens is 1. The highest BCUT2D eigenvalue weighted by atomic mass is 19.2. The Balaban J connectivity index is 2.04. The lowest BCUT2D eigenvalue weighted by Crippen LogP contribution is -2.31. The van der Waals surface area contributed by atoms with Gasteiger partial charge < -0.3 is 15.1 Å². The van der Waals surface area contributed by atoms with Crippen LogP contribution < -0.4 is 5.32 Å². The van der Waals surface area contributed by atoms with Gasteiger partial charge in [0.05, 0.1) is 0 Å². The molecule has 0 unspecified atom stereocenters. The third kappa shape index (κ3) is 4.72. The largest absolute Gasteiger partial charge is 0.343 e. The maximum Gasteiger partial charge on any atom is 0.321 e. The van der Waals surface area contributed by atoms with Crippen LogP contribution in [0.3, 0.4) is 0 Å². The van der Waals surface area contributed by atoms with Gasteiger partial charge in [-0.2, -0.15) is 0 Å². The normalized spacial score (nSPS) is 10.3. The fourth-order valence-electron chi connectivity index (χ4n) is 2.06. The number of halogens is 2. The van der Waals surface area contributed by atoms with E-state index in [9.17, 15) is 18.4 Å². The SMILES string of the molecule is CN(C)C(=O)c1cc(NC(=O)N(C)Cc2ccc(F)c(F)c2)ccn1. The molecule has 25 heavy (non-hydrogen) atoms. The second-order valence-corrected chi connectivity index (χ2v) is 5.66. The number of benzene rings is 1. The first kappa shape index (κ1) is 18.3. The number of carbonyl (C=O) groups is 2. The summed E-state index contributed by atoms with van der Waals surface area (Å²) in [6.07, 6.45) is 1.42. The quantitative estimate of drug-likeness (QED) is 0.924. The zero-order chi connectivity index (χ0) is 18.6. The Morgan fingerprint density at radius 3 is 2.44 bits per heavy atom. The summed E-state index contributed by atoms with van der Waals surface area (Å²) >= 11 is 0. The summed E-state index contributed by atoms with van der Waals surface area (Å²) < 4.78 is 26.2. The van der Waals surface area contributed by atoms with E-state index in [-0.39, 0.29) is 18.1 Å². The van der Waals surface area contributed by atoms with Gasteiger partial charge in [0, 0.05) is 39.6 Å². The molecule has 0 atom stereocenters. The smallest absolute Gasteiger partial charge is 0.321 e. The molecule has 0 radical (unpaired) electrons. The molecule has 1 aromatic heterocycles. The van der Waals surface area contributed by atoms with Gasteiger partial charge in [-0.15, -0.1) is 0 Å². The van der Waals surface area contributed by atoms with Crippen LogP contribution in [-0.4, -0.2) is 47.9 Å². The van der Waals surface area contributed by atoms with E-state index in [2.05, 4.69) is 10.3 Å². The van der Waals surface area contributed by atoms with Crippen LogP contribution in [0.25, 0.3) is 0 Å². The van der Waals surface area contributed by atoms with Crippen molar-refractivity contribution in [2.24, 2.45) is 0 Å². The molecule has 0 aliphatic rings. The van der Waals surface area contributed by atoms with Crippen molar-refractivity contribution in [2.75, 3.05) is 26.5 Å². The number of anilines is 1. The molecule has 6 nitrogen and oxygen atoms in total. The summed E-state index contributed by atoms with van der Waals surface area (Å²) in [6.45, 7) is 0.0948. The van der Waals surface area contributed by atoms with Crippen molar-refractivity contribution in [3.8, 4) is 0 Å². The molecule has 132 valence electrons. The predicted molar refractivity (Wildman–Crippen MR) is 89.1 cm³/mol. The summed E-state index contributed by atoms with van der Waals surface area (Å²) in [5.74, 6) is -2.19. The summed E-state index contributed by atoms with van der Waals surface area (Å²) in [6, 6.07) is 6.01. The van der Waals surface area contributed by atoms with Gasteiger partial charge in [0.2, 0.25) is 0 Å². The molecule has 0 bridgehead atoms. The van der Waals surface area contributed by atoms with Crippen LogP contribution in [0.4, 0.5) is 19.3 Å². The summed E-state index contributed by atoms with van der Waals surface area (Å²) in [4.78, 5) is 30.8. The van der Waals surface area contributed by atoms with Crippen LogP contribution in [0.15, 0.2) is 36.5 Å². The highest BCUT2D eigenvalue weighted by Gasteiger charge is 2.14. The number of hydrogen-bond acceptors (Lipinski definition) is 3. The average Bonchev–Trinajstić information content (AvgIpc) is 2.57. The zero-order valence-corrected chi connectivity index (χ0v) is 14.1. The number of amides is 3. The fourth-order valence-corrected chi connectivity index (χ4v) is 2.06. The van der Waals surface area contributed by atoms with E-state index < -0.39 is 17.7 Å². The molecule has 0 saturated carbocycles. The first-order chi connectivity index (χ1) is 11.8. The summed E-state index contributed by atoms with van der Waals surface area (Å²) in [5.41, 5.74) is 1.06. The number of carbonyl (C=O) groups excluding carboxylic acids is 2. The number of urea groups is 1. The molecular weight excluding hydrogens is 330 g/mol. The molecule has 0 spiro atoms. The van der Waals surface area contributed by atoms with Crippen molar-refractivity contribution in [3.05, 3.63) is 59.4 Å². The maximum absolute atomic E-state index is 13.2. The van der Waals surface area contributed by atoms with Crippen LogP contribution in [0, 0.1) is 11.6 Å². The molecule has 3 amide bonds. The Labute approximate surface area is 144 Å². The van der Waals surface area contributed by atoms with Gasteiger partial charge in [-0.1, -0.05) is 6.07 Å². The molecule has 0 aliphatic carbocycles. The standard InChI is InChI=1S/C17H18F2N4O2/c1-22(2)16(24)15-9-12(6-7-20-15)21-17(25)23(3)10-11-4-5-13(18)14(19)8-11/h4-9H,10H2,1-3H3,(H,20,21,25). The van der Waals surface area contributed by atoms with E-state index in [1.165, 1.54) is 35.2 Å². The van der Waals surface area contributed by atoms with Gasteiger partial charge in [-0.3, -0.25) is 9.78 Å². The third-order valence-corrected chi connectivity index (χ3v) is 3.39. The number of rotatable bonds is 4. The monoisotopic (exact) mass is 348 g/mol. The highest BCUT2D eigenvalue weighted by molar-refractivity contribution is 5.95. The van der Waals surface area contributed by atoms with Gasteiger partial charge >= 0.3 is 6.03 Å². The Morgan fingerprint density at radius 2 is 1.80 bits per heavy atom. The molecule has 0 fully saturated rings. The minimum absolute atomic E-state index is 0.0948. The lowest BCUT2D eigenvalue weighted by molar-refractivity contribution is 0.0822. The van der Waals surface area contributed by atoms with Crippen molar-refractivity contribution in [1.29, 1.82) is 0 Å². The molecule has 8 heteroatoms. The molecule has 0 saturated heterocycles. The number of pyridine rings is 1. The third-order valence-electron chi connectivity index (χ3n) is 3.39. The van der Waals surface area contributed by atoms with Crippen molar-refractivity contribution in [1.82, 2.24) is 14.8 Å². The molecular formula is C17H18F2N4O2. The molecule has 2 rings (SSSR count). The number of nitrogens with zero attached hydrogens (tertiary/aromatic N) is 3. The van der Waals surface area contributed by atoms with Crippen molar-refractivity contribution in [3.63, 3.8) is 0 Å². The molecule has 0 aliphatic heterocycles. The number of nitrogens with one attached hydrogen (secondary N) is 1. The lowest BCUT2D eigenvalue weighted by atomic mass is 10.2. The minimum Gasteiger partial charge on any atom is -0.343 e. The average molecular weight is 348 g/mol. The molecule has 1 aromatic carbocycles. The topological polar surface area (TPSA) is 65.5 Å². The fraction of sp³-hybridized carbons (Fsp3) is 0.235. The zero-order valence-electron chi connectivity index (χ0n) is 14.1. The second-order valence-electron chi connectivity index (χ2n) is 5.66. The van der Waals surface area contributed by atoms with Crippen LogP contribution in [0.2, 0.25) is 0 Å². The Bertz CT molecular complexity index is 796. The van der Waals surface area contributed by atoms with Gasteiger partial charge in [-0.25, -0.2) is 13.6 Å². The van der Waals surface area contributed by atoms with E-state index in [0.717, 1.165) is 12.1 Å². The maximum atomic E-state index is 13.2. The Morgan fingerprint density at radius 1 is 1.08 bits per heavy atom. The van der Waals surface area contributed by atoms with E-state index in [0.29, 0.717) is 11.3 Å². The van der Waals surface area contributed by atoms with Crippen LogP contribution >= 0.6 is 0 Å². The van der Waals surface area contributed by atoms with Gasteiger partial charge in [-0.05, 0) is 29.8 Å². The number of hydrogen-bond donors (Lipinski definition) is 1. The molecule has 1 N–H and O–H groups in total. The van der Waals surface area contributed by atoms with E-state index in [1.54, 1.807) is 20.2 Å². The van der Waals surface area contributed by atoms with Gasteiger partial charge in [0.25, 0.3) is 5.91 Å². The molecule has 2 aromatic rings. The highest BCUT2D eigenvalue weighted by Crippen LogP contribution is 2.13. The van der Waals surface area contributed by atoms with E-state index in [4.69, 9.17) is 0 Å². The lowest BCUT2D eigenvalue weighted by Gasteiger charge is -2.18. The first-order valence-electron chi connectivity index (χ1n) is 7.41. The first-order valence-corrected chi connectivity index (χ1v) is 7.41. The predicted octanol–water partition coefficient (Wildman–Crippen LogP) is 2.73. The summed E-state index contributed by atoms with van der Waals surface area (Å²) in [7, 11) is 4.72. The van der Waals surface area contributed by atoms with E-state index in [1.807, 2.05) is 0 Å². The van der Waals surface area contributed by atoms with Gasteiger partial charge in [0.1, 0.15) is 5.69 Å². The summed E-state index contributed by atoms with van der Waals surface area (Å²) in [5, 5.41) is 2.63. The van der Waals surface area contributed by atoms with Crippen LogP contribution in [0.1, 0.15) is 16.1 Å². The van der Waals surface area contributed by atoms with Crippen LogP contribution in [0.5, 0.6) is 0 Å². The second kappa shape index (κ2) is 7.69. The Hall–Kier alpha value is -3.03. The van der Waals surface area contributed by atoms with Crippen molar-refractivity contribution in [2.45, 2.75) is 6.54 Å². The van der Waals surface area contributed by atoms with Crippen molar-refractivity contribution >= 4 is 17.6 Å². The van der Waals surface area contributed by atoms with E-state index >= 15 is 0 Å². The van der Waals surface area contributed by atoms with Gasteiger partial charge in [0.15, 0.2) is 11.6 Å². The van der Waals surface area contributed by atoms with Crippen LogP contribution in [-0.2, 0) is 6.54 Å². The Kier molecular flexibility index (Phi) is 5.63. The molecule has 1 heterocycles. The minimum atomic E-state index is -0.965. The van der Waals surface area contributed by atoms with Crippen molar-refractivity contribution < 1.29 is 18.4 Å².